The highest BCUT2D eigenvalue weighted by atomic mass is 32.1. The summed E-state index contributed by atoms with van der Waals surface area (Å²) in [6.45, 7) is 4.16. The Balaban J connectivity index is 1.43. The zero-order valence-corrected chi connectivity index (χ0v) is 14.3. The minimum atomic E-state index is 0.285. The molecule has 0 radical (unpaired) electrons. The van der Waals surface area contributed by atoms with Gasteiger partial charge in [-0.1, -0.05) is 36.8 Å². The highest BCUT2D eigenvalue weighted by Gasteiger charge is 2.20. The van der Waals surface area contributed by atoms with Crippen LogP contribution in [0, 0.1) is 0 Å². The standard InChI is InChI=1S/C18H25N3OS/c22-13-16-8-4-5-10-21(16)11-9-19-12-18-20-17(14-23-18)15-6-2-1-3-7-15/h1-3,6-7,14,16,19,22H,4-5,8-13H2. The summed E-state index contributed by atoms with van der Waals surface area (Å²) in [4.78, 5) is 7.11. The van der Waals surface area contributed by atoms with Crippen LogP contribution >= 0.6 is 11.3 Å². The quantitative estimate of drug-likeness (QED) is 0.766. The second kappa shape index (κ2) is 8.55. The van der Waals surface area contributed by atoms with Gasteiger partial charge < -0.3 is 10.4 Å². The van der Waals surface area contributed by atoms with Crippen molar-refractivity contribution < 1.29 is 5.11 Å². The van der Waals surface area contributed by atoms with Crippen molar-refractivity contribution in [1.82, 2.24) is 15.2 Å². The monoisotopic (exact) mass is 331 g/mol. The van der Waals surface area contributed by atoms with Gasteiger partial charge in [-0.15, -0.1) is 11.3 Å². The lowest BCUT2D eigenvalue weighted by molar-refractivity contribution is 0.0910. The van der Waals surface area contributed by atoms with Crippen molar-refractivity contribution in [2.24, 2.45) is 0 Å². The van der Waals surface area contributed by atoms with Gasteiger partial charge in [-0.3, -0.25) is 4.90 Å². The van der Waals surface area contributed by atoms with E-state index in [1.807, 2.05) is 18.2 Å². The number of benzene rings is 1. The Kier molecular flexibility index (Phi) is 6.16. The molecule has 1 fully saturated rings. The Labute approximate surface area is 142 Å². The van der Waals surface area contributed by atoms with Gasteiger partial charge in [-0.2, -0.15) is 0 Å². The third-order valence-electron chi connectivity index (χ3n) is 4.43. The molecule has 1 unspecified atom stereocenters. The number of aliphatic hydroxyl groups is 1. The van der Waals surface area contributed by atoms with Crippen LogP contribution in [0.3, 0.4) is 0 Å². The molecule has 0 bridgehead atoms. The van der Waals surface area contributed by atoms with Crippen LogP contribution in [0.25, 0.3) is 11.3 Å². The van der Waals surface area contributed by atoms with Gasteiger partial charge in [0.15, 0.2) is 0 Å². The minimum absolute atomic E-state index is 0.285. The summed E-state index contributed by atoms with van der Waals surface area (Å²) >= 11 is 1.71. The summed E-state index contributed by atoms with van der Waals surface area (Å²) < 4.78 is 0. The molecule has 0 spiro atoms. The highest BCUT2D eigenvalue weighted by molar-refractivity contribution is 7.09. The van der Waals surface area contributed by atoms with Crippen LogP contribution in [0.2, 0.25) is 0 Å². The number of aromatic nitrogens is 1. The fourth-order valence-electron chi connectivity index (χ4n) is 3.11. The van der Waals surface area contributed by atoms with Crippen LogP contribution < -0.4 is 5.32 Å². The van der Waals surface area contributed by atoms with E-state index in [0.29, 0.717) is 6.04 Å². The van der Waals surface area contributed by atoms with E-state index in [4.69, 9.17) is 4.98 Å². The van der Waals surface area contributed by atoms with E-state index in [9.17, 15) is 5.11 Å². The van der Waals surface area contributed by atoms with Crippen LogP contribution in [-0.2, 0) is 6.54 Å². The first kappa shape index (κ1) is 16.6. The average molecular weight is 331 g/mol. The molecule has 1 saturated heterocycles. The van der Waals surface area contributed by atoms with Gasteiger partial charge in [-0.05, 0) is 19.4 Å². The zero-order valence-electron chi connectivity index (χ0n) is 13.4. The van der Waals surface area contributed by atoms with E-state index in [1.54, 1.807) is 11.3 Å². The average Bonchev–Trinajstić information content (AvgIpc) is 3.09. The molecule has 124 valence electrons. The van der Waals surface area contributed by atoms with Gasteiger partial charge in [0, 0.05) is 36.6 Å². The fraction of sp³-hybridized carbons (Fsp3) is 0.500. The number of hydrogen-bond acceptors (Lipinski definition) is 5. The Morgan fingerprint density at radius 1 is 1.26 bits per heavy atom. The van der Waals surface area contributed by atoms with Crippen LogP contribution in [0.4, 0.5) is 0 Å². The van der Waals surface area contributed by atoms with Crippen LogP contribution in [0.5, 0.6) is 0 Å². The van der Waals surface area contributed by atoms with E-state index in [1.165, 1.54) is 18.4 Å². The maximum Gasteiger partial charge on any atom is 0.107 e. The van der Waals surface area contributed by atoms with E-state index in [0.717, 1.165) is 43.3 Å². The SMILES string of the molecule is OCC1CCCCN1CCNCc1nc(-c2ccccc2)cs1. The van der Waals surface area contributed by atoms with E-state index in [-0.39, 0.29) is 6.61 Å². The van der Waals surface area contributed by atoms with Gasteiger partial charge in [0.2, 0.25) is 0 Å². The fourth-order valence-corrected chi connectivity index (χ4v) is 3.89. The lowest BCUT2D eigenvalue weighted by atomic mass is 10.0. The first-order valence-electron chi connectivity index (χ1n) is 8.42. The maximum absolute atomic E-state index is 9.44. The zero-order chi connectivity index (χ0) is 15.9. The first-order valence-corrected chi connectivity index (χ1v) is 9.30. The lowest BCUT2D eigenvalue weighted by Crippen LogP contribution is -2.44. The summed E-state index contributed by atoms with van der Waals surface area (Å²) in [6.07, 6.45) is 3.63. The number of likely N-dealkylation sites (tertiary alicyclic amines) is 1. The summed E-state index contributed by atoms with van der Waals surface area (Å²) in [5.74, 6) is 0. The third-order valence-corrected chi connectivity index (χ3v) is 5.28. The number of thiazole rings is 1. The molecule has 1 aromatic carbocycles. The van der Waals surface area contributed by atoms with Gasteiger partial charge in [0.05, 0.1) is 12.3 Å². The predicted molar refractivity (Wildman–Crippen MR) is 95.6 cm³/mol. The van der Waals surface area contributed by atoms with Crippen molar-refractivity contribution in [2.75, 3.05) is 26.2 Å². The molecule has 0 aliphatic carbocycles. The van der Waals surface area contributed by atoms with Crippen LogP contribution in [-0.4, -0.2) is 47.3 Å². The molecule has 2 heterocycles. The minimum Gasteiger partial charge on any atom is -0.395 e. The lowest BCUT2D eigenvalue weighted by Gasteiger charge is -2.34. The first-order chi connectivity index (χ1) is 11.4. The molecule has 3 rings (SSSR count). The van der Waals surface area contributed by atoms with E-state index < -0.39 is 0 Å². The summed E-state index contributed by atoms with van der Waals surface area (Å²) in [6, 6.07) is 10.7. The summed E-state index contributed by atoms with van der Waals surface area (Å²) in [5.41, 5.74) is 2.23. The molecule has 0 saturated carbocycles. The number of aliphatic hydroxyl groups excluding tert-OH is 1. The number of nitrogens with zero attached hydrogens (tertiary/aromatic N) is 2. The third kappa shape index (κ3) is 4.61. The van der Waals surface area contributed by atoms with Crippen molar-refractivity contribution in [3.8, 4) is 11.3 Å². The second-order valence-corrected chi connectivity index (χ2v) is 6.98. The number of hydrogen-bond donors (Lipinski definition) is 2. The molecule has 0 amide bonds. The smallest absolute Gasteiger partial charge is 0.107 e. The molecule has 2 N–H and O–H groups in total. The van der Waals surface area contributed by atoms with Crippen molar-refractivity contribution >= 4 is 11.3 Å². The van der Waals surface area contributed by atoms with Crippen molar-refractivity contribution in [3.05, 3.63) is 40.7 Å². The molecular weight excluding hydrogens is 306 g/mol. The highest BCUT2D eigenvalue weighted by Crippen LogP contribution is 2.21. The molecule has 1 atom stereocenters. The van der Waals surface area contributed by atoms with E-state index in [2.05, 4.69) is 27.7 Å². The number of piperidine rings is 1. The van der Waals surface area contributed by atoms with Gasteiger partial charge >= 0.3 is 0 Å². The molecule has 4 nitrogen and oxygen atoms in total. The van der Waals surface area contributed by atoms with Gasteiger partial charge in [0.1, 0.15) is 5.01 Å². The van der Waals surface area contributed by atoms with Gasteiger partial charge in [0.25, 0.3) is 0 Å². The molecule has 1 aliphatic rings. The van der Waals surface area contributed by atoms with Crippen molar-refractivity contribution in [3.63, 3.8) is 0 Å². The van der Waals surface area contributed by atoms with E-state index >= 15 is 0 Å². The molecule has 1 aliphatic heterocycles. The summed E-state index contributed by atoms with van der Waals surface area (Å²) in [7, 11) is 0. The summed E-state index contributed by atoms with van der Waals surface area (Å²) in [5, 5.41) is 16.2. The molecule has 1 aromatic heterocycles. The Hall–Kier alpha value is -1.27. The Morgan fingerprint density at radius 2 is 2.13 bits per heavy atom. The van der Waals surface area contributed by atoms with Crippen LogP contribution in [0.1, 0.15) is 24.3 Å². The Bertz CT molecular complexity index is 587. The van der Waals surface area contributed by atoms with Crippen LogP contribution in [0.15, 0.2) is 35.7 Å². The predicted octanol–water partition coefficient (Wildman–Crippen LogP) is 2.75. The number of nitrogens with one attached hydrogen (secondary N) is 1. The molecule has 5 heteroatoms. The largest absolute Gasteiger partial charge is 0.395 e. The molecular formula is C18H25N3OS. The van der Waals surface area contributed by atoms with Crippen molar-refractivity contribution in [2.45, 2.75) is 31.8 Å². The number of rotatable bonds is 7. The maximum atomic E-state index is 9.44. The topological polar surface area (TPSA) is 48.4 Å². The van der Waals surface area contributed by atoms with Gasteiger partial charge in [-0.25, -0.2) is 4.98 Å². The molecule has 2 aromatic rings. The normalized spacial score (nSPS) is 19.1. The molecule has 23 heavy (non-hydrogen) atoms. The second-order valence-electron chi connectivity index (χ2n) is 6.04. The van der Waals surface area contributed by atoms with Crippen molar-refractivity contribution in [1.29, 1.82) is 0 Å². The Morgan fingerprint density at radius 3 is 2.96 bits per heavy atom.